The van der Waals surface area contributed by atoms with Crippen molar-refractivity contribution in [3.05, 3.63) is 45.8 Å². The molecule has 1 fully saturated rings. The number of hydrogen-bond acceptors (Lipinski definition) is 6. The Labute approximate surface area is 183 Å². The largest absolute Gasteiger partial charge is 0.366 e. The first kappa shape index (κ1) is 21.5. The molecule has 2 heterocycles. The number of carbonyl (C=O) groups excluding carboxylic acids is 1. The maximum absolute atomic E-state index is 14.2. The van der Waals surface area contributed by atoms with Gasteiger partial charge in [0, 0.05) is 18.8 Å². The van der Waals surface area contributed by atoms with Gasteiger partial charge >= 0.3 is 5.69 Å². The number of anilines is 2. The fraction of sp³-hybridized carbons (Fsp3) is 0.409. The molecule has 1 amide bonds. The Morgan fingerprint density at radius 1 is 1.38 bits per heavy atom. The Balaban J connectivity index is 1.72. The number of halogens is 1. The molecule has 10 heteroatoms. The first-order valence-electron chi connectivity index (χ1n) is 10.4. The van der Waals surface area contributed by atoms with Crippen LogP contribution < -0.4 is 16.7 Å². The molecule has 4 rings (SSSR count). The Morgan fingerprint density at radius 3 is 2.69 bits per heavy atom. The predicted molar refractivity (Wildman–Crippen MR) is 117 cm³/mol. The summed E-state index contributed by atoms with van der Waals surface area (Å²) in [7, 11) is 1.67. The van der Waals surface area contributed by atoms with Crippen molar-refractivity contribution in [2.75, 3.05) is 5.32 Å². The molecule has 3 aromatic rings. The van der Waals surface area contributed by atoms with Gasteiger partial charge in [0.1, 0.15) is 11.3 Å². The minimum Gasteiger partial charge on any atom is -0.366 e. The summed E-state index contributed by atoms with van der Waals surface area (Å²) in [6, 6.07) is 4.85. The molecule has 1 aliphatic rings. The number of nitrogens with two attached hydrogens (primary N) is 1. The average molecular weight is 437 g/mol. The third-order valence-electron chi connectivity index (χ3n) is 6.35. The molecule has 0 bridgehead atoms. The number of imidazole rings is 1. The van der Waals surface area contributed by atoms with Crippen LogP contribution in [0.1, 0.15) is 54.6 Å². The van der Waals surface area contributed by atoms with E-state index in [4.69, 9.17) is 5.73 Å². The zero-order chi connectivity index (χ0) is 23.2. The molecule has 0 atom stereocenters. The molecule has 32 heavy (non-hydrogen) atoms. The van der Waals surface area contributed by atoms with Gasteiger partial charge in [0.25, 0.3) is 5.91 Å². The Morgan fingerprint density at radius 2 is 2.06 bits per heavy atom. The highest BCUT2D eigenvalue weighted by Crippen LogP contribution is 2.40. The van der Waals surface area contributed by atoms with Gasteiger partial charge in [-0.2, -0.15) is 10.2 Å². The van der Waals surface area contributed by atoms with Crippen molar-refractivity contribution in [1.29, 1.82) is 5.26 Å². The molecule has 0 unspecified atom stereocenters. The summed E-state index contributed by atoms with van der Waals surface area (Å²) < 4.78 is 17.4. The van der Waals surface area contributed by atoms with Crippen molar-refractivity contribution in [3.63, 3.8) is 0 Å². The highest BCUT2D eigenvalue weighted by molar-refractivity contribution is 5.94. The number of rotatable bonds is 4. The number of aryl methyl sites for hydroxylation is 2. The number of amides is 1. The van der Waals surface area contributed by atoms with E-state index in [1.165, 1.54) is 16.7 Å². The van der Waals surface area contributed by atoms with Crippen molar-refractivity contribution in [2.24, 2.45) is 18.2 Å². The summed E-state index contributed by atoms with van der Waals surface area (Å²) in [5.41, 5.74) is 6.50. The number of carbonyl (C=O) groups is 1. The molecule has 9 nitrogen and oxygen atoms in total. The third-order valence-corrected chi connectivity index (χ3v) is 6.35. The number of fused-ring (bicyclic) bond motifs is 1. The van der Waals surface area contributed by atoms with Crippen LogP contribution in [-0.4, -0.2) is 25.0 Å². The lowest BCUT2D eigenvalue weighted by molar-refractivity contribution is 0.0996. The number of nitrogens with zero attached hydrogens (tertiary/aromatic N) is 5. The lowest BCUT2D eigenvalue weighted by Crippen LogP contribution is -2.31. The van der Waals surface area contributed by atoms with E-state index in [0.29, 0.717) is 48.1 Å². The smallest absolute Gasteiger partial charge is 0.330 e. The Kier molecular flexibility index (Phi) is 5.20. The standard InChI is InChI=1S/C22H24FN7O2/c1-12-8-14(18(25)31)15(23)9-16(12)27-20-26-10-17-19(28-20)30(21(32)29(17)3)13-4-6-22(2,11-24)7-5-13/h8-10,13H,4-7H2,1-3H3,(H2,25,31)(H,26,27,28)/t13-,22+. The number of hydrogen-bond donors (Lipinski definition) is 2. The van der Waals surface area contributed by atoms with Gasteiger partial charge in [0.2, 0.25) is 5.95 Å². The Bertz CT molecular complexity index is 1330. The van der Waals surface area contributed by atoms with E-state index in [1.807, 2.05) is 6.92 Å². The van der Waals surface area contributed by atoms with Gasteiger partial charge in [-0.15, -0.1) is 0 Å². The highest BCUT2D eigenvalue weighted by atomic mass is 19.1. The average Bonchev–Trinajstić information content (AvgIpc) is 3.01. The number of nitrogens with one attached hydrogen (secondary N) is 1. The molecule has 0 saturated heterocycles. The summed E-state index contributed by atoms with van der Waals surface area (Å²) in [5, 5.41) is 12.4. The first-order valence-corrected chi connectivity index (χ1v) is 10.4. The second-order valence-electron chi connectivity index (χ2n) is 8.65. The van der Waals surface area contributed by atoms with Crippen LogP contribution in [0.15, 0.2) is 23.1 Å². The fourth-order valence-corrected chi connectivity index (χ4v) is 4.26. The molecule has 2 aromatic heterocycles. The fourth-order valence-electron chi connectivity index (χ4n) is 4.26. The van der Waals surface area contributed by atoms with Crippen LogP contribution in [0.4, 0.5) is 16.0 Å². The summed E-state index contributed by atoms with van der Waals surface area (Å²) >= 11 is 0. The zero-order valence-corrected chi connectivity index (χ0v) is 18.1. The second kappa shape index (κ2) is 7.75. The van der Waals surface area contributed by atoms with Gasteiger partial charge in [0.15, 0.2) is 5.65 Å². The van der Waals surface area contributed by atoms with E-state index in [0.717, 1.165) is 0 Å². The van der Waals surface area contributed by atoms with Crippen LogP contribution in [0.25, 0.3) is 11.2 Å². The monoisotopic (exact) mass is 437 g/mol. The van der Waals surface area contributed by atoms with Gasteiger partial charge in [0.05, 0.1) is 23.2 Å². The topological polar surface area (TPSA) is 132 Å². The second-order valence-corrected chi connectivity index (χ2v) is 8.65. The van der Waals surface area contributed by atoms with E-state index in [9.17, 15) is 19.2 Å². The van der Waals surface area contributed by atoms with E-state index < -0.39 is 11.7 Å². The van der Waals surface area contributed by atoms with Crippen molar-refractivity contribution >= 4 is 28.7 Å². The highest BCUT2D eigenvalue weighted by Gasteiger charge is 2.33. The summed E-state index contributed by atoms with van der Waals surface area (Å²) in [5.74, 6) is -1.39. The van der Waals surface area contributed by atoms with Crippen LogP contribution in [0.5, 0.6) is 0 Å². The quantitative estimate of drug-likeness (QED) is 0.645. The van der Waals surface area contributed by atoms with Crippen LogP contribution in [-0.2, 0) is 7.05 Å². The van der Waals surface area contributed by atoms with Crippen molar-refractivity contribution in [2.45, 2.75) is 45.6 Å². The van der Waals surface area contributed by atoms with Crippen LogP contribution in [0, 0.1) is 29.5 Å². The molecule has 1 aliphatic carbocycles. The number of aromatic nitrogens is 4. The first-order chi connectivity index (χ1) is 15.1. The number of benzene rings is 1. The van der Waals surface area contributed by atoms with Crippen molar-refractivity contribution < 1.29 is 9.18 Å². The van der Waals surface area contributed by atoms with Crippen LogP contribution >= 0.6 is 0 Å². The lowest BCUT2D eigenvalue weighted by atomic mass is 9.75. The molecule has 0 aliphatic heterocycles. The van der Waals surface area contributed by atoms with Crippen molar-refractivity contribution in [1.82, 2.24) is 19.1 Å². The molecule has 1 aromatic carbocycles. The summed E-state index contributed by atoms with van der Waals surface area (Å²) in [6.07, 6.45) is 4.37. The molecule has 0 spiro atoms. The van der Waals surface area contributed by atoms with Gasteiger partial charge in [-0.05, 0) is 57.2 Å². The molecule has 1 saturated carbocycles. The number of nitriles is 1. The SMILES string of the molecule is Cc1cc(C(N)=O)c(F)cc1Nc1ncc2c(n1)n([C@H]1CC[C@@](C)(C#N)CC1)c(=O)n2C. The van der Waals surface area contributed by atoms with Gasteiger partial charge in [-0.1, -0.05) is 0 Å². The molecule has 0 radical (unpaired) electrons. The summed E-state index contributed by atoms with van der Waals surface area (Å²) in [6.45, 7) is 3.66. The molecule has 166 valence electrons. The predicted octanol–water partition coefficient (Wildman–Crippen LogP) is 3.07. The maximum atomic E-state index is 14.2. The van der Waals surface area contributed by atoms with Gasteiger partial charge < -0.3 is 11.1 Å². The van der Waals surface area contributed by atoms with E-state index in [2.05, 4.69) is 21.4 Å². The van der Waals surface area contributed by atoms with E-state index in [-0.39, 0.29) is 28.7 Å². The minimum atomic E-state index is -0.844. The summed E-state index contributed by atoms with van der Waals surface area (Å²) in [4.78, 5) is 33.2. The third kappa shape index (κ3) is 3.60. The van der Waals surface area contributed by atoms with E-state index in [1.54, 1.807) is 24.7 Å². The van der Waals surface area contributed by atoms with Crippen LogP contribution in [0.2, 0.25) is 0 Å². The van der Waals surface area contributed by atoms with Gasteiger partial charge in [-0.25, -0.2) is 14.2 Å². The molecular weight excluding hydrogens is 413 g/mol. The maximum Gasteiger partial charge on any atom is 0.330 e. The Hall–Kier alpha value is -3.74. The lowest BCUT2D eigenvalue weighted by Gasteiger charge is -2.32. The van der Waals surface area contributed by atoms with E-state index >= 15 is 0 Å². The number of primary amides is 1. The minimum absolute atomic E-state index is 0.0654. The van der Waals surface area contributed by atoms with Gasteiger partial charge in [-0.3, -0.25) is 13.9 Å². The van der Waals surface area contributed by atoms with Crippen LogP contribution in [0.3, 0.4) is 0 Å². The van der Waals surface area contributed by atoms with Crippen molar-refractivity contribution in [3.8, 4) is 6.07 Å². The molecule has 3 N–H and O–H groups in total. The zero-order valence-electron chi connectivity index (χ0n) is 18.1. The normalized spacial score (nSPS) is 20.8. The molecular formula is C22H24FN7O2.